The van der Waals surface area contributed by atoms with E-state index in [1.807, 2.05) is 0 Å². The first-order valence-corrected chi connectivity index (χ1v) is 6.61. The maximum atomic E-state index is 12.0. The standard InChI is InChI=1S/C12H17BrN2O/c1-8(2)6-15-7-14-10(5-9-3-4-9)11(13)12(15)16/h7-9H,3-6H2,1-2H3. The first-order chi connectivity index (χ1) is 7.58. The Morgan fingerprint density at radius 1 is 1.56 bits per heavy atom. The first kappa shape index (κ1) is 11.8. The van der Waals surface area contributed by atoms with Crippen molar-refractivity contribution in [2.45, 2.75) is 39.7 Å². The van der Waals surface area contributed by atoms with Gasteiger partial charge in [-0.05, 0) is 47.0 Å². The van der Waals surface area contributed by atoms with E-state index in [4.69, 9.17) is 0 Å². The Morgan fingerprint density at radius 3 is 2.81 bits per heavy atom. The predicted molar refractivity (Wildman–Crippen MR) is 67.5 cm³/mol. The van der Waals surface area contributed by atoms with Crippen LogP contribution in [0.25, 0.3) is 0 Å². The molecule has 4 heteroatoms. The number of nitrogens with zero attached hydrogens (tertiary/aromatic N) is 2. The molecular formula is C12H17BrN2O. The summed E-state index contributed by atoms with van der Waals surface area (Å²) in [5, 5.41) is 0. The summed E-state index contributed by atoms with van der Waals surface area (Å²) in [6.45, 7) is 4.92. The molecule has 1 aromatic heterocycles. The molecule has 1 heterocycles. The first-order valence-electron chi connectivity index (χ1n) is 5.81. The zero-order valence-corrected chi connectivity index (χ0v) is 11.3. The average molecular weight is 285 g/mol. The largest absolute Gasteiger partial charge is 0.298 e. The Bertz CT molecular complexity index is 435. The van der Waals surface area contributed by atoms with E-state index in [9.17, 15) is 4.79 Å². The molecule has 0 N–H and O–H groups in total. The summed E-state index contributed by atoms with van der Waals surface area (Å²) in [5.74, 6) is 1.21. The molecule has 0 spiro atoms. The molecule has 2 rings (SSSR count). The van der Waals surface area contributed by atoms with Crippen LogP contribution in [0.3, 0.4) is 0 Å². The van der Waals surface area contributed by atoms with Crippen LogP contribution in [-0.2, 0) is 13.0 Å². The molecule has 88 valence electrons. The number of halogens is 1. The second-order valence-corrected chi connectivity index (χ2v) is 5.80. The van der Waals surface area contributed by atoms with Crippen LogP contribution in [-0.4, -0.2) is 9.55 Å². The third-order valence-electron chi connectivity index (χ3n) is 2.80. The maximum absolute atomic E-state index is 12.0. The van der Waals surface area contributed by atoms with Crippen LogP contribution in [0, 0.1) is 11.8 Å². The van der Waals surface area contributed by atoms with Crippen LogP contribution < -0.4 is 5.56 Å². The van der Waals surface area contributed by atoms with Crippen LogP contribution in [0.5, 0.6) is 0 Å². The summed E-state index contributed by atoms with van der Waals surface area (Å²) in [7, 11) is 0. The van der Waals surface area contributed by atoms with E-state index in [2.05, 4.69) is 34.8 Å². The highest BCUT2D eigenvalue weighted by atomic mass is 79.9. The van der Waals surface area contributed by atoms with E-state index in [1.165, 1.54) is 12.8 Å². The monoisotopic (exact) mass is 284 g/mol. The fourth-order valence-corrected chi connectivity index (χ4v) is 2.25. The molecule has 1 aromatic rings. The van der Waals surface area contributed by atoms with Crippen molar-refractivity contribution in [3.63, 3.8) is 0 Å². The summed E-state index contributed by atoms with van der Waals surface area (Å²) in [6.07, 6.45) is 5.19. The van der Waals surface area contributed by atoms with Crippen LogP contribution >= 0.6 is 15.9 Å². The second kappa shape index (κ2) is 4.70. The van der Waals surface area contributed by atoms with Crippen molar-refractivity contribution >= 4 is 15.9 Å². The summed E-state index contributed by atoms with van der Waals surface area (Å²) in [5.41, 5.74) is 0.979. The van der Waals surface area contributed by atoms with Gasteiger partial charge in [-0.1, -0.05) is 13.8 Å². The lowest BCUT2D eigenvalue weighted by Crippen LogP contribution is -2.25. The van der Waals surface area contributed by atoms with Crippen LogP contribution in [0.2, 0.25) is 0 Å². The molecule has 16 heavy (non-hydrogen) atoms. The van der Waals surface area contributed by atoms with Crippen molar-refractivity contribution in [2.75, 3.05) is 0 Å². The highest BCUT2D eigenvalue weighted by molar-refractivity contribution is 9.10. The minimum atomic E-state index is 0.0550. The molecule has 0 bridgehead atoms. The van der Waals surface area contributed by atoms with Crippen molar-refractivity contribution < 1.29 is 0 Å². The highest BCUT2D eigenvalue weighted by Crippen LogP contribution is 2.33. The van der Waals surface area contributed by atoms with Gasteiger partial charge in [-0.25, -0.2) is 4.98 Å². The fourth-order valence-electron chi connectivity index (χ4n) is 1.76. The lowest BCUT2D eigenvalue weighted by atomic mass is 10.2. The van der Waals surface area contributed by atoms with Crippen molar-refractivity contribution in [2.24, 2.45) is 11.8 Å². The van der Waals surface area contributed by atoms with Crippen LogP contribution in [0.15, 0.2) is 15.6 Å². The SMILES string of the molecule is CC(C)Cn1cnc(CC2CC2)c(Br)c1=O. The lowest BCUT2D eigenvalue weighted by molar-refractivity contribution is 0.501. The Labute approximate surface area is 104 Å². The van der Waals surface area contributed by atoms with Crippen LogP contribution in [0.4, 0.5) is 0 Å². The fraction of sp³-hybridized carbons (Fsp3) is 0.667. The van der Waals surface area contributed by atoms with E-state index in [0.29, 0.717) is 10.4 Å². The second-order valence-electron chi connectivity index (χ2n) is 5.00. The Morgan fingerprint density at radius 2 is 2.25 bits per heavy atom. The topological polar surface area (TPSA) is 34.9 Å². The van der Waals surface area contributed by atoms with Gasteiger partial charge in [-0.3, -0.25) is 9.36 Å². The molecule has 3 nitrogen and oxygen atoms in total. The minimum absolute atomic E-state index is 0.0550. The van der Waals surface area contributed by atoms with Crippen molar-refractivity contribution in [3.05, 3.63) is 26.8 Å². The normalized spacial score (nSPS) is 15.8. The molecule has 1 aliphatic rings. The number of rotatable bonds is 4. The molecule has 0 amide bonds. The van der Waals surface area contributed by atoms with E-state index in [-0.39, 0.29) is 5.56 Å². The molecule has 0 radical (unpaired) electrons. The van der Waals surface area contributed by atoms with Gasteiger partial charge in [0.1, 0.15) is 4.47 Å². The zero-order chi connectivity index (χ0) is 11.7. The molecular weight excluding hydrogens is 268 g/mol. The Hall–Kier alpha value is -0.640. The Kier molecular flexibility index (Phi) is 3.47. The number of aromatic nitrogens is 2. The summed E-state index contributed by atoms with van der Waals surface area (Å²) >= 11 is 3.38. The highest BCUT2D eigenvalue weighted by Gasteiger charge is 2.24. The summed E-state index contributed by atoms with van der Waals surface area (Å²) in [6, 6.07) is 0. The molecule has 0 atom stereocenters. The number of hydrogen-bond donors (Lipinski definition) is 0. The minimum Gasteiger partial charge on any atom is -0.298 e. The van der Waals surface area contributed by atoms with Gasteiger partial charge >= 0.3 is 0 Å². The van der Waals surface area contributed by atoms with E-state index >= 15 is 0 Å². The molecule has 0 saturated heterocycles. The van der Waals surface area contributed by atoms with E-state index < -0.39 is 0 Å². The van der Waals surface area contributed by atoms with Gasteiger partial charge < -0.3 is 0 Å². The van der Waals surface area contributed by atoms with Crippen molar-refractivity contribution in [3.8, 4) is 0 Å². The van der Waals surface area contributed by atoms with E-state index in [0.717, 1.165) is 24.6 Å². The van der Waals surface area contributed by atoms with Crippen molar-refractivity contribution in [1.29, 1.82) is 0 Å². The van der Waals surface area contributed by atoms with Gasteiger partial charge in [0, 0.05) is 6.54 Å². The van der Waals surface area contributed by atoms with Gasteiger partial charge in [-0.15, -0.1) is 0 Å². The number of hydrogen-bond acceptors (Lipinski definition) is 2. The predicted octanol–water partition coefficient (Wildman–Crippen LogP) is 2.61. The van der Waals surface area contributed by atoms with Gasteiger partial charge in [0.2, 0.25) is 0 Å². The summed E-state index contributed by atoms with van der Waals surface area (Å²) in [4.78, 5) is 16.4. The van der Waals surface area contributed by atoms with Crippen molar-refractivity contribution in [1.82, 2.24) is 9.55 Å². The Balaban J connectivity index is 2.24. The molecule has 0 unspecified atom stereocenters. The third kappa shape index (κ3) is 2.73. The quantitative estimate of drug-likeness (QED) is 0.852. The van der Waals surface area contributed by atoms with Gasteiger partial charge in [-0.2, -0.15) is 0 Å². The van der Waals surface area contributed by atoms with Gasteiger partial charge in [0.05, 0.1) is 12.0 Å². The lowest BCUT2D eigenvalue weighted by Gasteiger charge is -2.10. The molecule has 1 aliphatic carbocycles. The molecule has 0 aliphatic heterocycles. The van der Waals surface area contributed by atoms with Gasteiger partial charge in [0.25, 0.3) is 5.56 Å². The average Bonchev–Trinajstić information content (AvgIpc) is 3.01. The molecule has 0 aromatic carbocycles. The maximum Gasteiger partial charge on any atom is 0.267 e. The third-order valence-corrected chi connectivity index (χ3v) is 3.59. The smallest absolute Gasteiger partial charge is 0.267 e. The summed E-state index contributed by atoms with van der Waals surface area (Å²) < 4.78 is 2.34. The molecule has 1 saturated carbocycles. The van der Waals surface area contributed by atoms with Crippen LogP contribution in [0.1, 0.15) is 32.4 Å². The zero-order valence-electron chi connectivity index (χ0n) is 9.74. The van der Waals surface area contributed by atoms with E-state index in [1.54, 1.807) is 10.9 Å². The molecule has 1 fully saturated rings. The van der Waals surface area contributed by atoms with Gasteiger partial charge in [0.15, 0.2) is 0 Å².